The molecule has 26 heavy (non-hydrogen) atoms. The van der Waals surface area contributed by atoms with Crippen LogP contribution in [-0.2, 0) is 18.3 Å². The number of hydrogen-bond donors (Lipinski definition) is 0. The number of hydrogen-bond acceptors (Lipinski definition) is 5. The molecule has 1 aliphatic rings. The number of nitrogens with zero attached hydrogens (tertiary/aromatic N) is 5. The maximum absolute atomic E-state index is 12.6. The van der Waals surface area contributed by atoms with Gasteiger partial charge in [0.1, 0.15) is 17.9 Å². The van der Waals surface area contributed by atoms with Gasteiger partial charge in [-0.2, -0.15) is 0 Å². The van der Waals surface area contributed by atoms with E-state index in [1.54, 1.807) is 36.5 Å². The molecule has 0 radical (unpaired) electrons. The fourth-order valence-electron chi connectivity index (χ4n) is 3.01. The molecule has 0 spiro atoms. The Morgan fingerprint density at radius 3 is 2.54 bits per heavy atom. The summed E-state index contributed by atoms with van der Waals surface area (Å²) in [4.78, 5) is 28.6. The van der Waals surface area contributed by atoms with Gasteiger partial charge in [0.2, 0.25) is 5.91 Å². The van der Waals surface area contributed by atoms with Gasteiger partial charge in [0.05, 0.1) is 7.11 Å². The van der Waals surface area contributed by atoms with Gasteiger partial charge < -0.3 is 19.1 Å². The zero-order valence-electron chi connectivity index (χ0n) is 15.1. The maximum atomic E-state index is 12.6. The quantitative estimate of drug-likeness (QED) is 0.788. The van der Waals surface area contributed by atoms with Crippen molar-refractivity contribution in [2.75, 3.05) is 33.3 Å². The summed E-state index contributed by atoms with van der Waals surface area (Å²) >= 11 is 0. The zero-order chi connectivity index (χ0) is 18.5. The second-order valence-electron chi connectivity index (χ2n) is 6.26. The highest BCUT2D eigenvalue weighted by molar-refractivity contribution is 5.94. The molecule has 0 N–H and O–H groups in total. The molecule has 1 aliphatic heterocycles. The molecule has 1 aromatic heterocycles. The van der Waals surface area contributed by atoms with Gasteiger partial charge in [-0.3, -0.25) is 9.59 Å². The lowest BCUT2D eigenvalue weighted by Gasteiger charge is -2.35. The Kier molecular flexibility index (Phi) is 5.50. The van der Waals surface area contributed by atoms with Crippen molar-refractivity contribution in [3.8, 4) is 5.75 Å². The van der Waals surface area contributed by atoms with Crippen LogP contribution < -0.4 is 4.74 Å². The van der Waals surface area contributed by atoms with Crippen LogP contribution in [0.1, 0.15) is 22.6 Å². The second-order valence-corrected chi connectivity index (χ2v) is 6.26. The Labute approximate surface area is 152 Å². The number of amides is 2. The molecule has 1 fully saturated rings. The summed E-state index contributed by atoms with van der Waals surface area (Å²) < 4.78 is 6.99. The highest BCUT2D eigenvalue weighted by Gasteiger charge is 2.25. The minimum absolute atomic E-state index is 0.0323. The summed E-state index contributed by atoms with van der Waals surface area (Å²) in [5, 5.41) is 7.81. The number of carbonyl (C=O) groups is 2. The summed E-state index contributed by atoms with van der Waals surface area (Å²) in [5.41, 5.74) is 0.603. The Balaban J connectivity index is 1.51. The van der Waals surface area contributed by atoms with Crippen molar-refractivity contribution in [1.29, 1.82) is 0 Å². The first-order valence-corrected chi connectivity index (χ1v) is 8.62. The molecular formula is C18H23N5O3. The molecule has 2 heterocycles. The van der Waals surface area contributed by atoms with Crippen LogP contribution in [0.3, 0.4) is 0 Å². The van der Waals surface area contributed by atoms with Crippen LogP contribution in [0.4, 0.5) is 0 Å². The van der Waals surface area contributed by atoms with Gasteiger partial charge in [0.15, 0.2) is 0 Å². The zero-order valence-corrected chi connectivity index (χ0v) is 15.1. The molecule has 1 saturated heterocycles. The van der Waals surface area contributed by atoms with E-state index in [0.717, 1.165) is 5.82 Å². The molecule has 0 bridgehead atoms. The highest BCUT2D eigenvalue weighted by Crippen LogP contribution is 2.16. The van der Waals surface area contributed by atoms with E-state index in [0.29, 0.717) is 50.3 Å². The van der Waals surface area contributed by atoms with Gasteiger partial charge in [0, 0.05) is 51.6 Å². The van der Waals surface area contributed by atoms with Crippen molar-refractivity contribution in [2.24, 2.45) is 7.05 Å². The van der Waals surface area contributed by atoms with Crippen LogP contribution in [0.5, 0.6) is 5.75 Å². The Morgan fingerprint density at radius 2 is 1.88 bits per heavy atom. The van der Waals surface area contributed by atoms with Gasteiger partial charge >= 0.3 is 0 Å². The number of rotatable bonds is 5. The Morgan fingerprint density at radius 1 is 1.15 bits per heavy atom. The lowest BCUT2D eigenvalue weighted by Crippen LogP contribution is -2.50. The molecule has 0 unspecified atom stereocenters. The number of carbonyl (C=O) groups excluding carboxylic acids is 2. The molecule has 0 saturated carbocycles. The monoisotopic (exact) mass is 357 g/mol. The van der Waals surface area contributed by atoms with E-state index >= 15 is 0 Å². The number of piperazine rings is 1. The number of aromatic nitrogens is 3. The first-order chi connectivity index (χ1) is 12.6. The van der Waals surface area contributed by atoms with Crippen LogP contribution in [-0.4, -0.2) is 69.7 Å². The number of ether oxygens (including phenoxy) is 1. The van der Waals surface area contributed by atoms with E-state index in [4.69, 9.17) is 4.74 Å². The first-order valence-electron chi connectivity index (χ1n) is 8.62. The third-order valence-electron chi connectivity index (χ3n) is 4.60. The fourth-order valence-corrected chi connectivity index (χ4v) is 3.01. The lowest BCUT2D eigenvalue weighted by molar-refractivity contribution is -0.132. The molecule has 0 atom stereocenters. The number of benzene rings is 1. The molecule has 3 rings (SSSR count). The normalized spacial score (nSPS) is 14.4. The summed E-state index contributed by atoms with van der Waals surface area (Å²) in [5.74, 6) is 1.51. The van der Waals surface area contributed by atoms with Crippen LogP contribution in [0.2, 0.25) is 0 Å². The molecule has 8 nitrogen and oxygen atoms in total. The lowest BCUT2D eigenvalue weighted by atomic mass is 10.1. The average molecular weight is 357 g/mol. The summed E-state index contributed by atoms with van der Waals surface area (Å²) in [6.45, 7) is 2.16. The topological polar surface area (TPSA) is 80.6 Å². The van der Waals surface area contributed by atoms with E-state index in [1.807, 2.05) is 22.6 Å². The summed E-state index contributed by atoms with van der Waals surface area (Å²) in [6.07, 6.45) is 2.59. The molecule has 8 heteroatoms. The predicted molar refractivity (Wildman–Crippen MR) is 94.8 cm³/mol. The molecule has 1 aromatic carbocycles. The minimum Gasteiger partial charge on any atom is -0.497 e. The van der Waals surface area contributed by atoms with Gasteiger partial charge in [-0.25, -0.2) is 0 Å². The van der Waals surface area contributed by atoms with E-state index in [9.17, 15) is 9.59 Å². The standard InChI is InChI=1S/C18H23N5O3/c1-21-13-19-20-16(21)6-7-17(24)22-8-10-23(11-9-22)18(25)14-4-3-5-15(12-14)26-2/h3-5,12-13H,6-11H2,1-2H3. The minimum atomic E-state index is -0.0323. The average Bonchev–Trinajstić information content (AvgIpc) is 3.10. The van der Waals surface area contributed by atoms with Gasteiger partial charge in [-0.05, 0) is 18.2 Å². The van der Waals surface area contributed by atoms with Crippen molar-refractivity contribution >= 4 is 11.8 Å². The summed E-state index contributed by atoms with van der Waals surface area (Å²) in [6, 6.07) is 7.13. The third kappa shape index (κ3) is 4.01. The van der Waals surface area contributed by atoms with Gasteiger partial charge in [-0.15, -0.1) is 10.2 Å². The predicted octanol–water partition coefficient (Wildman–Crippen LogP) is 0.741. The van der Waals surface area contributed by atoms with E-state index in [-0.39, 0.29) is 11.8 Å². The number of aryl methyl sites for hydroxylation is 2. The van der Waals surface area contributed by atoms with E-state index in [1.165, 1.54) is 0 Å². The fraction of sp³-hybridized carbons (Fsp3) is 0.444. The molecule has 2 amide bonds. The van der Waals surface area contributed by atoms with Crippen molar-refractivity contribution in [3.05, 3.63) is 42.0 Å². The van der Waals surface area contributed by atoms with Crippen LogP contribution >= 0.6 is 0 Å². The van der Waals surface area contributed by atoms with Crippen LogP contribution in [0.25, 0.3) is 0 Å². The van der Waals surface area contributed by atoms with Crippen LogP contribution in [0, 0.1) is 0 Å². The SMILES string of the molecule is COc1cccc(C(=O)N2CCN(C(=O)CCc3nncn3C)CC2)c1. The smallest absolute Gasteiger partial charge is 0.254 e. The largest absolute Gasteiger partial charge is 0.497 e. The van der Waals surface area contributed by atoms with Gasteiger partial charge in [0.25, 0.3) is 5.91 Å². The molecular weight excluding hydrogens is 334 g/mol. The third-order valence-corrected chi connectivity index (χ3v) is 4.60. The molecule has 0 aliphatic carbocycles. The van der Waals surface area contributed by atoms with E-state index < -0.39 is 0 Å². The Hall–Kier alpha value is -2.90. The van der Waals surface area contributed by atoms with Crippen molar-refractivity contribution in [1.82, 2.24) is 24.6 Å². The van der Waals surface area contributed by atoms with E-state index in [2.05, 4.69) is 10.2 Å². The molecule has 138 valence electrons. The van der Waals surface area contributed by atoms with Crippen molar-refractivity contribution in [3.63, 3.8) is 0 Å². The second kappa shape index (κ2) is 7.99. The first kappa shape index (κ1) is 17.9. The summed E-state index contributed by atoms with van der Waals surface area (Å²) in [7, 11) is 3.44. The molecule has 2 aromatic rings. The Bertz CT molecular complexity index is 781. The highest BCUT2D eigenvalue weighted by atomic mass is 16.5. The number of methoxy groups -OCH3 is 1. The van der Waals surface area contributed by atoms with Gasteiger partial charge in [-0.1, -0.05) is 6.07 Å². The van der Waals surface area contributed by atoms with Crippen LogP contribution in [0.15, 0.2) is 30.6 Å². The van der Waals surface area contributed by atoms with Crippen molar-refractivity contribution in [2.45, 2.75) is 12.8 Å². The maximum Gasteiger partial charge on any atom is 0.254 e. The van der Waals surface area contributed by atoms with Crippen molar-refractivity contribution < 1.29 is 14.3 Å².